The second kappa shape index (κ2) is 8.43. The van der Waals surface area contributed by atoms with Crippen molar-refractivity contribution in [2.45, 2.75) is 13.8 Å². The van der Waals surface area contributed by atoms with Crippen LogP contribution >= 0.6 is 0 Å². The summed E-state index contributed by atoms with van der Waals surface area (Å²) in [5.41, 5.74) is 3.91. The van der Waals surface area contributed by atoms with Crippen LogP contribution in [0.15, 0.2) is 60.8 Å². The Morgan fingerprint density at radius 3 is 2.56 bits per heavy atom. The molecule has 160 valence electrons. The first-order chi connectivity index (χ1) is 15.4. The fourth-order valence-electron chi connectivity index (χ4n) is 3.60. The summed E-state index contributed by atoms with van der Waals surface area (Å²) in [6.07, 6.45) is 1.66. The number of aryl methyl sites for hydroxylation is 2. The number of nitro benzene ring substituents is 1. The molecule has 0 unspecified atom stereocenters. The molecule has 0 saturated carbocycles. The minimum atomic E-state index is -0.559. The highest BCUT2D eigenvalue weighted by Gasteiger charge is 2.21. The molecule has 4 aromatic rings. The second-order valence-electron chi connectivity index (χ2n) is 7.34. The van der Waals surface area contributed by atoms with E-state index in [2.05, 4.69) is 10.3 Å². The van der Waals surface area contributed by atoms with E-state index in [0.29, 0.717) is 33.6 Å². The summed E-state index contributed by atoms with van der Waals surface area (Å²) >= 11 is 0. The molecule has 0 spiro atoms. The SMILES string of the molecule is COc1ccc(NC(=O)c2cc(-c3ccccn3)nc3c(C)cc(C)cc23)c([N+](=O)[O-])c1. The van der Waals surface area contributed by atoms with Crippen molar-refractivity contribution in [3.63, 3.8) is 0 Å². The Balaban J connectivity index is 1.86. The summed E-state index contributed by atoms with van der Waals surface area (Å²) in [5.74, 6) is -0.152. The maximum atomic E-state index is 13.4. The summed E-state index contributed by atoms with van der Waals surface area (Å²) in [7, 11) is 1.42. The molecule has 4 rings (SSSR count). The molecule has 1 N–H and O–H groups in total. The first-order valence-corrected chi connectivity index (χ1v) is 9.84. The van der Waals surface area contributed by atoms with E-state index in [4.69, 9.17) is 9.72 Å². The number of hydrogen-bond acceptors (Lipinski definition) is 6. The molecule has 2 aromatic carbocycles. The molecule has 8 nitrogen and oxygen atoms in total. The van der Waals surface area contributed by atoms with Gasteiger partial charge in [-0.1, -0.05) is 17.7 Å². The van der Waals surface area contributed by atoms with Crippen LogP contribution in [0.3, 0.4) is 0 Å². The number of fused-ring (bicyclic) bond motifs is 1. The van der Waals surface area contributed by atoms with E-state index in [1.807, 2.05) is 38.1 Å². The van der Waals surface area contributed by atoms with E-state index < -0.39 is 10.8 Å². The van der Waals surface area contributed by atoms with Gasteiger partial charge in [-0.25, -0.2) is 4.98 Å². The van der Waals surface area contributed by atoms with Crippen LogP contribution in [0.25, 0.3) is 22.3 Å². The molecular weight excluding hydrogens is 408 g/mol. The number of nitrogens with one attached hydrogen (secondary N) is 1. The second-order valence-corrected chi connectivity index (χ2v) is 7.34. The average Bonchev–Trinajstić information content (AvgIpc) is 2.79. The number of hydrogen-bond donors (Lipinski definition) is 1. The van der Waals surface area contributed by atoms with Gasteiger partial charge in [-0.3, -0.25) is 19.9 Å². The first kappa shape index (κ1) is 20.9. The molecule has 0 saturated heterocycles. The Hall–Kier alpha value is -4.33. The summed E-state index contributed by atoms with van der Waals surface area (Å²) in [6.45, 7) is 3.87. The number of rotatable bonds is 5. The lowest BCUT2D eigenvalue weighted by molar-refractivity contribution is -0.384. The number of benzene rings is 2. The predicted molar refractivity (Wildman–Crippen MR) is 122 cm³/mol. The molecular formula is C24H20N4O4. The summed E-state index contributed by atoms with van der Waals surface area (Å²) in [5, 5.41) is 14.9. The summed E-state index contributed by atoms with van der Waals surface area (Å²) < 4.78 is 5.07. The van der Waals surface area contributed by atoms with E-state index >= 15 is 0 Å². The number of pyridine rings is 2. The van der Waals surface area contributed by atoms with Crippen LogP contribution in [0.5, 0.6) is 5.75 Å². The number of methoxy groups -OCH3 is 1. The molecule has 2 aromatic heterocycles. The topological polar surface area (TPSA) is 107 Å². The van der Waals surface area contributed by atoms with Crippen LogP contribution in [-0.4, -0.2) is 27.9 Å². The number of nitro groups is 1. The molecule has 2 heterocycles. The highest BCUT2D eigenvalue weighted by Crippen LogP contribution is 2.31. The third-order valence-electron chi connectivity index (χ3n) is 5.07. The van der Waals surface area contributed by atoms with Gasteiger partial charge in [-0.2, -0.15) is 0 Å². The first-order valence-electron chi connectivity index (χ1n) is 9.84. The van der Waals surface area contributed by atoms with Gasteiger partial charge >= 0.3 is 0 Å². The minimum absolute atomic E-state index is 0.0783. The van der Waals surface area contributed by atoms with Gasteiger partial charge < -0.3 is 10.1 Å². The Kier molecular flexibility index (Phi) is 5.51. The normalized spacial score (nSPS) is 10.7. The van der Waals surface area contributed by atoms with E-state index in [9.17, 15) is 14.9 Å². The van der Waals surface area contributed by atoms with Crippen molar-refractivity contribution in [3.8, 4) is 17.1 Å². The smallest absolute Gasteiger partial charge is 0.296 e. The molecule has 1 amide bonds. The number of ether oxygens (including phenoxy) is 1. The molecule has 0 fully saturated rings. The van der Waals surface area contributed by atoms with Crippen LogP contribution in [0.4, 0.5) is 11.4 Å². The Morgan fingerprint density at radius 2 is 1.88 bits per heavy atom. The quantitative estimate of drug-likeness (QED) is 0.351. The number of anilines is 1. The van der Waals surface area contributed by atoms with E-state index in [0.717, 1.165) is 11.1 Å². The monoisotopic (exact) mass is 428 g/mol. The van der Waals surface area contributed by atoms with Crippen molar-refractivity contribution in [1.29, 1.82) is 0 Å². The van der Waals surface area contributed by atoms with Crippen LogP contribution in [-0.2, 0) is 0 Å². The van der Waals surface area contributed by atoms with Gasteiger partial charge in [0, 0.05) is 11.6 Å². The number of nitrogens with zero attached hydrogens (tertiary/aromatic N) is 3. The maximum absolute atomic E-state index is 13.4. The molecule has 0 atom stereocenters. The third-order valence-corrected chi connectivity index (χ3v) is 5.07. The Morgan fingerprint density at radius 1 is 1.06 bits per heavy atom. The molecule has 8 heteroatoms. The zero-order valence-electron chi connectivity index (χ0n) is 17.7. The standard InChI is InChI=1S/C24H20N4O4/c1-14-10-15(2)23-17(11-14)18(13-21(26-23)19-6-4-5-9-25-19)24(29)27-20-8-7-16(32-3)12-22(20)28(30)31/h4-13H,1-3H3,(H,27,29). The third kappa shape index (κ3) is 3.98. The largest absolute Gasteiger partial charge is 0.496 e. The number of aromatic nitrogens is 2. The van der Waals surface area contributed by atoms with Gasteiger partial charge in [-0.15, -0.1) is 0 Å². The average molecular weight is 428 g/mol. The van der Waals surface area contributed by atoms with Crippen molar-refractivity contribution < 1.29 is 14.5 Å². The fraction of sp³-hybridized carbons (Fsp3) is 0.125. The van der Waals surface area contributed by atoms with E-state index in [1.165, 1.54) is 19.2 Å². The van der Waals surface area contributed by atoms with Gasteiger partial charge in [0.15, 0.2) is 0 Å². The molecule has 0 aliphatic rings. The van der Waals surface area contributed by atoms with Crippen molar-refractivity contribution in [1.82, 2.24) is 9.97 Å². The van der Waals surface area contributed by atoms with Gasteiger partial charge in [0.2, 0.25) is 0 Å². The van der Waals surface area contributed by atoms with Gasteiger partial charge in [0.25, 0.3) is 11.6 Å². The van der Waals surface area contributed by atoms with Crippen LogP contribution in [0.2, 0.25) is 0 Å². The van der Waals surface area contributed by atoms with Crippen molar-refractivity contribution in [2.24, 2.45) is 0 Å². The molecule has 0 aliphatic heterocycles. The fourth-order valence-corrected chi connectivity index (χ4v) is 3.60. The molecule has 0 bridgehead atoms. The molecule has 0 radical (unpaired) electrons. The number of carbonyl (C=O) groups is 1. The van der Waals surface area contributed by atoms with Crippen molar-refractivity contribution in [2.75, 3.05) is 12.4 Å². The van der Waals surface area contributed by atoms with Gasteiger partial charge in [-0.05, 0) is 55.8 Å². The van der Waals surface area contributed by atoms with Crippen molar-refractivity contribution >= 4 is 28.2 Å². The van der Waals surface area contributed by atoms with Crippen LogP contribution in [0, 0.1) is 24.0 Å². The van der Waals surface area contributed by atoms with Gasteiger partial charge in [0.1, 0.15) is 11.4 Å². The zero-order valence-corrected chi connectivity index (χ0v) is 17.7. The van der Waals surface area contributed by atoms with Gasteiger partial charge in [0.05, 0.1) is 40.6 Å². The Labute approximate surface area is 184 Å². The van der Waals surface area contributed by atoms with E-state index in [1.54, 1.807) is 24.4 Å². The lowest BCUT2D eigenvalue weighted by Crippen LogP contribution is -2.14. The lowest BCUT2D eigenvalue weighted by atomic mass is 10.00. The summed E-state index contributed by atoms with van der Waals surface area (Å²) in [4.78, 5) is 33.4. The minimum Gasteiger partial charge on any atom is -0.496 e. The lowest BCUT2D eigenvalue weighted by Gasteiger charge is -2.13. The summed E-state index contributed by atoms with van der Waals surface area (Å²) in [6, 6.07) is 15.3. The van der Waals surface area contributed by atoms with Crippen molar-refractivity contribution in [3.05, 3.63) is 87.6 Å². The van der Waals surface area contributed by atoms with Crippen LogP contribution in [0.1, 0.15) is 21.5 Å². The molecule has 0 aliphatic carbocycles. The molecule has 32 heavy (non-hydrogen) atoms. The zero-order chi connectivity index (χ0) is 22.8. The predicted octanol–water partition coefficient (Wildman–Crippen LogP) is 5.08. The Bertz CT molecular complexity index is 1350. The van der Waals surface area contributed by atoms with E-state index in [-0.39, 0.29) is 11.4 Å². The number of carbonyl (C=O) groups excluding carboxylic acids is 1. The van der Waals surface area contributed by atoms with Crippen LogP contribution < -0.4 is 10.1 Å². The number of amides is 1. The highest BCUT2D eigenvalue weighted by molar-refractivity contribution is 6.14. The highest BCUT2D eigenvalue weighted by atomic mass is 16.6. The maximum Gasteiger partial charge on any atom is 0.296 e.